The lowest BCUT2D eigenvalue weighted by molar-refractivity contribution is 0.277. The van der Waals surface area contributed by atoms with E-state index in [0.29, 0.717) is 18.7 Å². The number of thioether (sulfide) groups is 1. The van der Waals surface area contributed by atoms with Crippen molar-refractivity contribution < 1.29 is 13.5 Å². The van der Waals surface area contributed by atoms with E-state index in [4.69, 9.17) is 5.11 Å². The zero-order chi connectivity index (χ0) is 13.4. The molecular weight excluding hydrogens is 274 g/mol. The largest absolute Gasteiger partial charge is 0.392 e. The molecule has 1 saturated heterocycles. The van der Waals surface area contributed by atoms with Crippen LogP contribution in [0.15, 0.2) is 11.2 Å². The highest BCUT2D eigenvalue weighted by Gasteiger charge is 2.36. The molecule has 2 heterocycles. The Hall–Kier alpha value is -0.570. The summed E-state index contributed by atoms with van der Waals surface area (Å²) in [6, 6.07) is 0. The van der Waals surface area contributed by atoms with Gasteiger partial charge in [0.1, 0.15) is 0 Å². The number of sulfonamides is 1. The second kappa shape index (κ2) is 4.84. The molecule has 0 unspecified atom stereocenters. The SMILES string of the molecule is CC1(C)CN(S(=O)(=O)c2[nH]ncc2CO)CCS1. The molecule has 18 heavy (non-hydrogen) atoms. The minimum absolute atomic E-state index is 0.00713. The van der Waals surface area contributed by atoms with Crippen molar-refractivity contribution in [2.45, 2.75) is 30.2 Å². The average molecular weight is 291 g/mol. The lowest BCUT2D eigenvalue weighted by Crippen LogP contribution is -2.46. The molecule has 1 aliphatic heterocycles. The molecule has 0 radical (unpaired) electrons. The molecule has 0 amide bonds. The molecule has 0 atom stereocenters. The van der Waals surface area contributed by atoms with E-state index in [2.05, 4.69) is 10.2 Å². The molecule has 1 aromatic heterocycles. The maximum Gasteiger partial charge on any atom is 0.260 e. The van der Waals surface area contributed by atoms with Crippen molar-refractivity contribution in [3.05, 3.63) is 11.8 Å². The van der Waals surface area contributed by atoms with Crippen LogP contribution >= 0.6 is 11.8 Å². The van der Waals surface area contributed by atoms with Gasteiger partial charge in [-0.2, -0.15) is 21.2 Å². The molecule has 0 saturated carbocycles. The number of rotatable bonds is 3. The van der Waals surface area contributed by atoms with Crippen LogP contribution in [0.2, 0.25) is 0 Å². The number of aliphatic hydroxyl groups is 1. The number of hydrogen-bond donors (Lipinski definition) is 2. The first-order chi connectivity index (χ1) is 8.37. The van der Waals surface area contributed by atoms with E-state index in [0.717, 1.165) is 5.75 Å². The van der Waals surface area contributed by atoms with Crippen LogP contribution in [-0.4, -0.2) is 51.6 Å². The number of H-pyrrole nitrogens is 1. The summed E-state index contributed by atoms with van der Waals surface area (Å²) in [5.41, 5.74) is 0.311. The number of aliphatic hydroxyl groups excluding tert-OH is 1. The average Bonchev–Trinajstić information content (AvgIpc) is 2.76. The third-order valence-corrected chi connectivity index (χ3v) is 6.00. The van der Waals surface area contributed by atoms with Gasteiger partial charge in [-0.1, -0.05) is 0 Å². The molecule has 1 fully saturated rings. The van der Waals surface area contributed by atoms with Gasteiger partial charge in [0, 0.05) is 29.2 Å². The Bertz CT molecular complexity index is 524. The third-order valence-electron chi connectivity index (χ3n) is 2.84. The monoisotopic (exact) mass is 291 g/mol. The molecular formula is C10H17N3O3S2. The van der Waals surface area contributed by atoms with Crippen LogP contribution in [0.5, 0.6) is 0 Å². The lowest BCUT2D eigenvalue weighted by Gasteiger charge is -2.36. The van der Waals surface area contributed by atoms with Crippen molar-refractivity contribution in [3.63, 3.8) is 0 Å². The highest BCUT2D eigenvalue weighted by atomic mass is 32.2. The van der Waals surface area contributed by atoms with Crippen molar-refractivity contribution in [1.29, 1.82) is 0 Å². The smallest absolute Gasteiger partial charge is 0.260 e. The fraction of sp³-hybridized carbons (Fsp3) is 0.700. The summed E-state index contributed by atoms with van der Waals surface area (Å²) in [7, 11) is -3.59. The van der Waals surface area contributed by atoms with Crippen molar-refractivity contribution in [2.75, 3.05) is 18.8 Å². The van der Waals surface area contributed by atoms with Gasteiger partial charge < -0.3 is 5.11 Å². The van der Waals surface area contributed by atoms with Crippen LogP contribution in [0.4, 0.5) is 0 Å². The normalized spacial score (nSPS) is 21.1. The molecule has 6 nitrogen and oxygen atoms in total. The van der Waals surface area contributed by atoms with Crippen LogP contribution in [0.3, 0.4) is 0 Å². The molecule has 2 rings (SSSR count). The predicted octanol–water partition coefficient (Wildman–Crippen LogP) is 0.418. The van der Waals surface area contributed by atoms with Gasteiger partial charge in [0.15, 0.2) is 5.03 Å². The summed E-state index contributed by atoms with van der Waals surface area (Å²) < 4.78 is 26.3. The van der Waals surface area contributed by atoms with Gasteiger partial charge in [-0.15, -0.1) is 0 Å². The van der Waals surface area contributed by atoms with Gasteiger partial charge >= 0.3 is 0 Å². The van der Waals surface area contributed by atoms with E-state index >= 15 is 0 Å². The van der Waals surface area contributed by atoms with Crippen LogP contribution in [0.1, 0.15) is 19.4 Å². The summed E-state index contributed by atoms with van der Waals surface area (Å²) in [5.74, 6) is 0.773. The van der Waals surface area contributed by atoms with Gasteiger partial charge in [-0.3, -0.25) is 5.10 Å². The lowest BCUT2D eigenvalue weighted by atomic mass is 10.2. The Morgan fingerprint density at radius 2 is 2.33 bits per heavy atom. The fourth-order valence-electron chi connectivity index (χ4n) is 1.94. The molecule has 0 aliphatic carbocycles. The Balaban J connectivity index is 2.32. The van der Waals surface area contributed by atoms with Gasteiger partial charge in [0.05, 0.1) is 12.8 Å². The van der Waals surface area contributed by atoms with Gasteiger partial charge in [0.2, 0.25) is 0 Å². The fourth-order valence-corrected chi connectivity index (χ4v) is 4.95. The topological polar surface area (TPSA) is 86.3 Å². The van der Waals surface area contributed by atoms with E-state index in [1.54, 1.807) is 11.8 Å². The summed E-state index contributed by atoms with van der Waals surface area (Å²) in [6.45, 7) is 4.67. The molecule has 0 aromatic carbocycles. The molecule has 102 valence electrons. The van der Waals surface area contributed by atoms with Crippen LogP contribution < -0.4 is 0 Å². The molecule has 0 spiro atoms. The third kappa shape index (κ3) is 2.56. The van der Waals surface area contributed by atoms with Crippen molar-refractivity contribution in [2.24, 2.45) is 0 Å². The second-order valence-corrected chi connectivity index (χ2v) is 8.51. The first-order valence-electron chi connectivity index (χ1n) is 5.64. The van der Waals surface area contributed by atoms with Gasteiger partial charge in [-0.05, 0) is 13.8 Å². The number of aromatic amines is 1. The number of aromatic nitrogens is 2. The molecule has 0 bridgehead atoms. The first kappa shape index (κ1) is 13.9. The predicted molar refractivity (Wildman–Crippen MR) is 69.8 cm³/mol. The minimum atomic E-state index is -3.59. The van der Waals surface area contributed by atoms with E-state index in [1.807, 2.05) is 13.8 Å². The summed E-state index contributed by atoms with van der Waals surface area (Å²) >= 11 is 1.77. The van der Waals surface area contributed by atoms with Crippen LogP contribution in [-0.2, 0) is 16.6 Å². The highest BCUT2D eigenvalue weighted by molar-refractivity contribution is 8.00. The number of hydrogen-bond acceptors (Lipinski definition) is 5. The highest BCUT2D eigenvalue weighted by Crippen LogP contribution is 2.32. The Morgan fingerprint density at radius 3 is 2.94 bits per heavy atom. The van der Waals surface area contributed by atoms with Crippen LogP contribution in [0, 0.1) is 0 Å². The Labute approximate surface area is 111 Å². The van der Waals surface area contributed by atoms with Crippen molar-refractivity contribution in [3.8, 4) is 0 Å². The Kier molecular flexibility index (Phi) is 3.72. The van der Waals surface area contributed by atoms with E-state index in [9.17, 15) is 8.42 Å². The van der Waals surface area contributed by atoms with E-state index < -0.39 is 10.0 Å². The quantitative estimate of drug-likeness (QED) is 0.843. The van der Waals surface area contributed by atoms with Gasteiger partial charge in [0.25, 0.3) is 10.0 Å². The first-order valence-corrected chi connectivity index (χ1v) is 8.06. The number of nitrogens with one attached hydrogen (secondary N) is 1. The second-order valence-electron chi connectivity index (χ2n) is 4.83. The molecule has 1 aromatic rings. The maximum absolute atomic E-state index is 12.5. The molecule has 1 aliphatic rings. The zero-order valence-electron chi connectivity index (χ0n) is 10.4. The standard InChI is InChI=1S/C10H17N3O3S2/c1-10(2)7-13(3-4-17-10)18(15,16)9-8(6-14)5-11-12-9/h5,14H,3-4,6-7H2,1-2H3,(H,11,12). The molecule has 8 heteroatoms. The summed E-state index contributed by atoms with van der Waals surface area (Å²) in [4.78, 5) is 0. The molecule has 2 N–H and O–H groups in total. The Morgan fingerprint density at radius 1 is 1.61 bits per heavy atom. The van der Waals surface area contributed by atoms with E-state index in [1.165, 1.54) is 10.5 Å². The van der Waals surface area contributed by atoms with Crippen molar-refractivity contribution >= 4 is 21.8 Å². The minimum Gasteiger partial charge on any atom is -0.392 e. The maximum atomic E-state index is 12.5. The van der Waals surface area contributed by atoms with E-state index in [-0.39, 0.29) is 16.4 Å². The number of nitrogens with zero attached hydrogens (tertiary/aromatic N) is 2. The van der Waals surface area contributed by atoms with Gasteiger partial charge in [-0.25, -0.2) is 8.42 Å². The van der Waals surface area contributed by atoms with Crippen molar-refractivity contribution in [1.82, 2.24) is 14.5 Å². The summed E-state index contributed by atoms with van der Waals surface area (Å²) in [5, 5.41) is 15.3. The zero-order valence-corrected chi connectivity index (χ0v) is 12.0. The van der Waals surface area contributed by atoms with Crippen LogP contribution in [0.25, 0.3) is 0 Å². The summed E-state index contributed by atoms with van der Waals surface area (Å²) in [6.07, 6.45) is 1.34.